The molecule has 0 saturated carbocycles. The molecule has 1 saturated heterocycles. The van der Waals surface area contributed by atoms with E-state index in [-0.39, 0.29) is 12.1 Å². The first-order valence-electron chi connectivity index (χ1n) is 8.52. The summed E-state index contributed by atoms with van der Waals surface area (Å²) in [7, 11) is 0. The number of nitrogens with zero attached hydrogens (tertiary/aromatic N) is 3. The number of nitro benzene ring substituents is 1. The Kier molecular flexibility index (Phi) is 5.62. The SMILES string of the molecule is O=C(Cc1ccccc1[N+](=O)[O-])N/N=C/c1ccc(N2CCCCC2)o1. The summed E-state index contributed by atoms with van der Waals surface area (Å²) in [6.07, 6.45) is 4.87. The number of para-hydroxylation sites is 1. The number of anilines is 1. The fourth-order valence-corrected chi connectivity index (χ4v) is 2.91. The lowest BCUT2D eigenvalue weighted by molar-refractivity contribution is -0.385. The van der Waals surface area contributed by atoms with Crippen molar-refractivity contribution in [3.63, 3.8) is 0 Å². The third-order valence-corrected chi connectivity index (χ3v) is 4.20. The van der Waals surface area contributed by atoms with Gasteiger partial charge in [0, 0.05) is 30.8 Å². The summed E-state index contributed by atoms with van der Waals surface area (Å²) in [4.78, 5) is 24.6. The number of benzene rings is 1. The van der Waals surface area contributed by atoms with Crippen molar-refractivity contribution in [2.24, 2.45) is 5.10 Å². The number of carbonyl (C=O) groups is 1. The number of nitrogens with one attached hydrogen (secondary N) is 1. The fraction of sp³-hybridized carbons (Fsp3) is 0.333. The Morgan fingerprint density at radius 1 is 1.23 bits per heavy atom. The quantitative estimate of drug-likeness (QED) is 0.487. The number of piperidine rings is 1. The van der Waals surface area contributed by atoms with Gasteiger partial charge >= 0.3 is 0 Å². The first-order chi connectivity index (χ1) is 12.6. The zero-order chi connectivity index (χ0) is 18.4. The van der Waals surface area contributed by atoms with E-state index < -0.39 is 10.8 Å². The topological polar surface area (TPSA) is 101 Å². The number of furan rings is 1. The smallest absolute Gasteiger partial charge is 0.273 e. The lowest BCUT2D eigenvalue weighted by Crippen LogP contribution is -2.28. The van der Waals surface area contributed by atoms with Crippen molar-refractivity contribution in [2.75, 3.05) is 18.0 Å². The van der Waals surface area contributed by atoms with E-state index >= 15 is 0 Å². The fourth-order valence-electron chi connectivity index (χ4n) is 2.91. The number of rotatable bonds is 6. The number of hydrogen-bond donors (Lipinski definition) is 1. The second-order valence-corrected chi connectivity index (χ2v) is 6.08. The molecule has 1 aliphatic heterocycles. The van der Waals surface area contributed by atoms with Crippen LogP contribution >= 0.6 is 0 Å². The molecule has 0 unspecified atom stereocenters. The van der Waals surface area contributed by atoms with Crippen LogP contribution in [0.25, 0.3) is 0 Å². The highest BCUT2D eigenvalue weighted by molar-refractivity contribution is 5.82. The Hall–Kier alpha value is -3.16. The average Bonchev–Trinajstić information content (AvgIpc) is 3.11. The molecule has 136 valence electrons. The van der Waals surface area contributed by atoms with Crippen molar-refractivity contribution in [1.29, 1.82) is 0 Å². The van der Waals surface area contributed by atoms with E-state index in [1.165, 1.54) is 18.7 Å². The minimum absolute atomic E-state index is 0.0798. The summed E-state index contributed by atoms with van der Waals surface area (Å²) < 4.78 is 5.71. The Labute approximate surface area is 150 Å². The maximum absolute atomic E-state index is 11.9. The lowest BCUT2D eigenvalue weighted by atomic mass is 10.1. The second kappa shape index (κ2) is 8.28. The van der Waals surface area contributed by atoms with Crippen LogP contribution in [0.3, 0.4) is 0 Å². The minimum Gasteiger partial charge on any atom is -0.440 e. The maximum atomic E-state index is 11.9. The Bertz CT molecular complexity index is 809. The van der Waals surface area contributed by atoms with Crippen molar-refractivity contribution >= 4 is 23.7 Å². The van der Waals surface area contributed by atoms with E-state index in [0.29, 0.717) is 11.3 Å². The molecule has 1 amide bonds. The van der Waals surface area contributed by atoms with Crippen molar-refractivity contribution in [2.45, 2.75) is 25.7 Å². The van der Waals surface area contributed by atoms with Gasteiger partial charge in [-0.05, 0) is 25.3 Å². The molecule has 2 heterocycles. The summed E-state index contributed by atoms with van der Waals surface area (Å²) in [5.41, 5.74) is 2.63. The first kappa shape index (κ1) is 17.7. The number of amides is 1. The van der Waals surface area contributed by atoms with Crippen LogP contribution in [-0.4, -0.2) is 30.1 Å². The zero-order valence-electron chi connectivity index (χ0n) is 14.3. The number of hydrogen-bond acceptors (Lipinski definition) is 6. The maximum Gasteiger partial charge on any atom is 0.273 e. The molecule has 1 fully saturated rings. The molecule has 8 nitrogen and oxygen atoms in total. The Morgan fingerprint density at radius 3 is 2.77 bits per heavy atom. The molecule has 0 spiro atoms. The molecular weight excluding hydrogens is 336 g/mol. The largest absolute Gasteiger partial charge is 0.440 e. The van der Waals surface area contributed by atoms with Crippen LogP contribution in [0.4, 0.5) is 11.6 Å². The van der Waals surface area contributed by atoms with Crippen LogP contribution in [0.1, 0.15) is 30.6 Å². The molecule has 1 N–H and O–H groups in total. The molecule has 2 aromatic rings. The predicted octanol–water partition coefficient (Wildman–Crippen LogP) is 2.87. The van der Waals surface area contributed by atoms with E-state index in [2.05, 4.69) is 15.4 Å². The van der Waals surface area contributed by atoms with Gasteiger partial charge < -0.3 is 9.32 Å². The molecule has 1 aliphatic rings. The minimum atomic E-state index is -0.503. The van der Waals surface area contributed by atoms with Crippen molar-refractivity contribution in [3.8, 4) is 0 Å². The summed E-state index contributed by atoms with van der Waals surface area (Å²) in [5.74, 6) is 0.910. The Morgan fingerprint density at radius 2 is 2.00 bits per heavy atom. The van der Waals surface area contributed by atoms with Gasteiger partial charge in [0.2, 0.25) is 5.91 Å². The van der Waals surface area contributed by atoms with Gasteiger partial charge in [0.1, 0.15) is 5.76 Å². The number of carbonyl (C=O) groups excluding carboxylic acids is 1. The van der Waals surface area contributed by atoms with Gasteiger partial charge in [0.05, 0.1) is 17.6 Å². The van der Waals surface area contributed by atoms with Gasteiger partial charge in [-0.1, -0.05) is 18.2 Å². The van der Waals surface area contributed by atoms with Gasteiger partial charge in [-0.15, -0.1) is 0 Å². The molecule has 3 rings (SSSR count). The molecule has 8 heteroatoms. The number of nitro groups is 1. The molecule has 0 bridgehead atoms. The highest BCUT2D eigenvalue weighted by Crippen LogP contribution is 2.21. The van der Waals surface area contributed by atoms with Crippen LogP contribution in [0.2, 0.25) is 0 Å². The van der Waals surface area contributed by atoms with E-state index in [4.69, 9.17) is 4.42 Å². The van der Waals surface area contributed by atoms with Crippen molar-refractivity contribution in [3.05, 3.63) is 57.8 Å². The van der Waals surface area contributed by atoms with Gasteiger partial charge in [-0.3, -0.25) is 14.9 Å². The normalized spacial score (nSPS) is 14.5. The number of hydrazone groups is 1. The molecule has 0 aliphatic carbocycles. The van der Waals surface area contributed by atoms with Crippen LogP contribution in [-0.2, 0) is 11.2 Å². The van der Waals surface area contributed by atoms with Gasteiger partial charge in [-0.25, -0.2) is 5.43 Å². The van der Waals surface area contributed by atoms with Gasteiger partial charge in [0.25, 0.3) is 5.69 Å². The van der Waals surface area contributed by atoms with Gasteiger partial charge in [0.15, 0.2) is 5.88 Å². The highest BCUT2D eigenvalue weighted by atomic mass is 16.6. The summed E-state index contributed by atoms with van der Waals surface area (Å²) in [5, 5.41) is 14.8. The third kappa shape index (κ3) is 4.47. The summed E-state index contributed by atoms with van der Waals surface area (Å²) in [6, 6.07) is 9.83. The van der Waals surface area contributed by atoms with Crippen LogP contribution in [0.5, 0.6) is 0 Å². The third-order valence-electron chi connectivity index (χ3n) is 4.20. The monoisotopic (exact) mass is 356 g/mol. The Balaban J connectivity index is 1.55. The molecule has 1 aromatic heterocycles. The van der Waals surface area contributed by atoms with Crippen LogP contribution < -0.4 is 10.3 Å². The van der Waals surface area contributed by atoms with Crippen LogP contribution in [0.15, 0.2) is 45.9 Å². The molecule has 0 atom stereocenters. The average molecular weight is 356 g/mol. The summed E-state index contributed by atoms with van der Waals surface area (Å²) in [6.45, 7) is 1.97. The summed E-state index contributed by atoms with van der Waals surface area (Å²) >= 11 is 0. The molecule has 26 heavy (non-hydrogen) atoms. The molecule has 1 aromatic carbocycles. The molecular formula is C18H20N4O4. The van der Waals surface area contributed by atoms with Crippen molar-refractivity contribution in [1.82, 2.24) is 5.43 Å². The van der Waals surface area contributed by atoms with E-state index in [0.717, 1.165) is 31.8 Å². The molecule has 0 radical (unpaired) electrons. The van der Waals surface area contributed by atoms with E-state index in [1.54, 1.807) is 24.3 Å². The second-order valence-electron chi connectivity index (χ2n) is 6.08. The lowest BCUT2D eigenvalue weighted by Gasteiger charge is -2.25. The van der Waals surface area contributed by atoms with Crippen molar-refractivity contribution < 1.29 is 14.1 Å². The van der Waals surface area contributed by atoms with E-state index in [1.807, 2.05) is 6.07 Å². The zero-order valence-corrected chi connectivity index (χ0v) is 14.3. The standard InChI is InChI=1S/C18H20N4O4/c23-17(12-14-6-2-3-7-16(14)22(24)25)20-19-13-15-8-9-18(26-15)21-10-4-1-5-11-21/h2-3,6-9,13H,1,4-5,10-12H2,(H,20,23)/b19-13+. The van der Waals surface area contributed by atoms with Gasteiger partial charge in [-0.2, -0.15) is 5.10 Å². The van der Waals surface area contributed by atoms with E-state index in [9.17, 15) is 14.9 Å². The van der Waals surface area contributed by atoms with Crippen LogP contribution in [0, 0.1) is 10.1 Å². The highest BCUT2D eigenvalue weighted by Gasteiger charge is 2.15. The first-order valence-corrected chi connectivity index (χ1v) is 8.52. The predicted molar refractivity (Wildman–Crippen MR) is 97.3 cm³/mol.